The number of ether oxygens (including phenoxy) is 1. The quantitative estimate of drug-likeness (QED) is 0.751. The topological polar surface area (TPSA) is 75.6 Å². The summed E-state index contributed by atoms with van der Waals surface area (Å²) in [4.78, 5) is 22.9. The second-order valence-corrected chi connectivity index (χ2v) is 4.92. The molecule has 1 saturated carbocycles. The number of hydrogen-bond donors (Lipinski definition) is 2. The molecule has 1 fully saturated rings. The van der Waals surface area contributed by atoms with E-state index < -0.39 is 17.8 Å². The molecule has 5 nitrogen and oxygen atoms in total. The predicted octanol–water partition coefficient (Wildman–Crippen LogP) is 0.884. The summed E-state index contributed by atoms with van der Waals surface area (Å²) in [6.07, 6.45) is 1.19. The number of methoxy groups -OCH3 is 1. The maximum Gasteiger partial charge on any atom is 0.307 e. The van der Waals surface area contributed by atoms with Crippen molar-refractivity contribution in [3.05, 3.63) is 0 Å². The molecule has 0 aromatic rings. The Morgan fingerprint density at radius 3 is 2.53 bits per heavy atom. The van der Waals surface area contributed by atoms with E-state index in [1.54, 1.807) is 7.11 Å². The number of rotatable bonds is 5. The van der Waals surface area contributed by atoms with Crippen LogP contribution in [0.15, 0.2) is 0 Å². The van der Waals surface area contributed by atoms with Gasteiger partial charge in [-0.05, 0) is 25.7 Å². The fourth-order valence-corrected chi connectivity index (χ4v) is 2.31. The third kappa shape index (κ3) is 3.70. The molecule has 1 rings (SSSR count). The van der Waals surface area contributed by atoms with Crippen molar-refractivity contribution in [1.82, 2.24) is 5.32 Å². The van der Waals surface area contributed by atoms with E-state index in [-0.39, 0.29) is 12.0 Å². The largest absolute Gasteiger partial charge is 0.481 e. The van der Waals surface area contributed by atoms with Crippen molar-refractivity contribution in [3.8, 4) is 0 Å². The molecular weight excluding hydrogens is 222 g/mol. The Labute approximate surface area is 102 Å². The van der Waals surface area contributed by atoms with Gasteiger partial charge in [0, 0.05) is 13.7 Å². The van der Waals surface area contributed by atoms with Crippen LogP contribution in [0.4, 0.5) is 0 Å². The number of carboxylic acids is 1. The number of hydrogen-bond acceptors (Lipinski definition) is 3. The zero-order valence-electron chi connectivity index (χ0n) is 10.6. The van der Waals surface area contributed by atoms with Crippen molar-refractivity contribution in [1.29, 1.82) is 0 Å². The normalized spacial score (nSPS) is 29.9. The second kappa shape index (κ2) is 6.00. The van der Waals surface area contributed by atoms with Crippen LogP contribution < -0.4 is 5.32 Å². The van der Waals surface area contributed by atoms with Crippen molar-refractivity contribution in [2.75, 3.05) is 13.7 Å². The molecular formula is C12H21NO4. The minimum Gasteiger partial charge on any atom is -0.481 e. The zero-order valence-corrected chi connectivity index (χ0v) is 10.6. The van der Waals surface area contributed by atoms with Crippen LogP contribution in [-0.2, 0) is 14.3 Å². The Hall–Kier alpha value is -1.10. The highest BCUT2D eigenvalue weighted by atomic mass is 16.5. The van der Waals surface area contributed by atoms with E-state index >= 15 is 0 Å². The van der Waals surface area contributed by atoms with Crippen molar-refractivity contribution >= 4 is 11.9 Å². The molecule has 1 aliphatic carbocycles. The van der Waals surface area contributed by atoms with Crippen LogP contribution in [0.2, 0.25) is 0 Å². The van der Waals surface area contributed by atoms with E-state index in [2.05, 4.69) is 5.32 Å². The molecule has 0 aliphatic heterocycles. The summed E-state index contributed by atoms with van der Waals surface area (Å²) < 4.78 is 5.03. The summed E-state index contributed by atoms with van der Waals surface area (Å²) in [5.41, 5.74) is 0. The first-order valence-corrected chi connectivity index (χ1v) is 5.99. The average molecular weight is 243 g/mol. The summed E-state index contributed by atoms with van der Waals surface area (Å²) in [5.74, 6) is -1.67. The molecule has 1 aliphatic rings. The molecule has 1 amide bonds. The number of amides is 1. The molecule has 4 atom stereocenters. The number of aliphatic carboxylic acids is 1. The average Bonchev–Trinajstić information content (AvgIpc) is 2.67. The van der Waals surface area contributed by atoms with Gasteiger partial charge in [-0.3, -0.25) is 9.59 Å². The monoisotopic (exact) mass is 243 g/mol. The molecule has 0 radical (unpaired) electrons. The van der Waals surface area contributed by atoms with Gasteiger partial charge >= 0.3 is 5.97 Å². The van der Waals surface area contributed by atoms with Gasteiger partial charge in [0.25, 0.3) is 0 Å². The maximum atomic E-state index is 11.9. The molecule has 0 bridgehead atoms. The van der Waals surface area contributed by atoms with E-state index in [1.807, 2.05) is 13.8 Å². The van der Waals surface area contributed by atoms with Crippen molar-refractivity contribution in [2.45, 2.75) is 32.8 Å². The van der Waals surface area contributed by atoms with Gasteiger partial charge < -0.3 is 15.2 Å². The fourth-order valence-electron chi connectivity index (χ4n) is 2.31. The predicted molar refractivity (Wildman–Crippen MR) is 62.5 cm³/mol. The molecule has 0 aromatic carbocycles. The Kier molecular flexibility index (Phi) is 4.93. The standard InChI is InChI=1S/C12H21NO4/c1-7-4-9(10(5-7)12(15)16)11(14)13-6-8(2)17-3/h7-10H,4-6H2,1-3H3,(H,13,14)(H,15,16). The molecule has 2 N–H and O–H groups in total. The van der Waals surface area contributed by atoms with Crippen LogP contribution in [-0.4, -0.2) is 36.7 Å². The van der Waals surface area contributed by atoms with Gasteiger partial charge in [-0.15, -0.1) is 0 Å². The van der Waals surface area contributed by atoms with Gasteiger partial charge in [-0.25, -0.2) is 0 Å². The molecule has 5 heteroatoms. The van der Waals surface area contributed by atoms with E-state index in [4.69, 9.17) is 9.84 Å². The number of carboxylic acid groups (broad SMARTS) is 1. The molecule has 0 spiro atoms. The number of carbonyl (C=O) groups is 2. The number of carbonyl (C=O) groups excluding carboxylic acids is 1. The Bertz CT molecular complexity index is 292. The van der Waals surface area contributed by atoms with Gasteiger partial charge in [-0.1, -0.05) is 6.92 Å². The minimum absolute atomic E-state index is 0.0546. The SMILES string of the molecule is COC(C)CNC(=O)C1CC(C)CC1C(=O)O. The van der Waals surface area contributed by atoms with Crippen LogP contribution in [0.1, 0.15) is 26.7 Å². The van der Waals surface area contributed by atoms with Gasteiger partial charge in [-0.2, -0.15) is 0 Å². The van der Waals surface area contributed by atoms with Gasteiger partial charge in [0.05, 0.1) is 17.9 Å². The summed E-state index contributed by atoms with van der Waals surface area (Å²) in [6.45, 7) is 4.26. The lowest BCUT2D eigenvalue weighted by molar-refractivity contribution is -0.146. The maximum absolute atomic E-state index is 11.9. The van der Waals surface area contributed by atoms with E-state index in [1.165, 1.54) is 0 Å². The summed E-state index contributed by atoms with van der Waals surface area (Å²) in [5, 5.41) is 11.8. The molecule has 0 heterocycles. The molecule has 98 valence electrons. The molecule has 4 unspecified atom stereocenters. The van der Waals surface area contributed by atoms with Crippen molar-refractivity contribution in [3.63, 3.8) is 0 Å². The van der Waals surface area contributed by atoms with Crippen molar-refractivity contribution < 1.29 is 19.4 Å². The summed E-state index contributed by atoms with van der Waals surface area (Å²) in [7, 11) is 1.58. The Morgan fingerprint density at radius 2 is 2.00 bits per heavy atom. The number of nitrogens with one attached hydrogen (secondary N) is 1. The lowest BCUT2D eigenvalue weighted by Gasteiger charge is -2.17. The first-order chi connectivity index (χ1) is 7.95. The highest BCUT2D eigenvalue weighted by Crippen LogP contribution is 2.36. The third-order valence-corrected chi connectivity index (χ3v) is 3.42. The Morgan fingerprint density at radius 1 is 1.41 bits per heavy atom. The smallest absolute Gasteiger partial charge is 0.307 e. The van der Waals surface area contributed by atoms with Crippen LogP contribution in [0.3, 0.4) is 0 Å². The first kappa shape index (κ1) is 14.0. The van der Waals surface area contributed by atoms with E-state index in [0.29, 0.717) is 25.3 Å². The summed E-state index contributed by atoms with van der Waals surface area (Å²) in [6, 6.07) is 0. The van der Waals surface area contributed by atoms with E-state index in [0.717, 1.165) is 0 Å². The fraction of sp³-hybridized carbons (Fsp3) is 0.833. The van der Waals surface area contributed by atoms with Crippen LogP contribution in [0, 0.1) is 17.8 Å². The molecule has 0 saturated heterocycles. The first-order valence-electron chi connectivity index (χ1n) is 5.99. The highest BCUT2D eigenvalue weighted by Gasteiger charge is 2.41. The second-order valence-electron chi connectivity index (χ2n) is 4.92. The molecule has 17 heavy (non-hydrogen) atoms. The zero-order chi connectivity index (χ0) is 13.0. The van der Waals surface area contributed by atoms with Gasteiger partial charge in [0.2, 0.25) is 5.91 Å². The highest BCUT2D eigenvalue weighted by molar-refractivity contribution is 5.85. The van der Waals surface area contributed by atoms with Crippen LogP contribution in [0.25, 0.3) is 0 Å². The third-order valence-electron chi connectivity index (χ3n) is 3.42. The lowest BCUT2D eigenvalue weighted by atomic mass is 9.95. The minimum atomic E-state index is -0.866. The van der Waals surface area contributed by atoms with Crippen LogP contribution >= 0.6 is 0 Å². The van der Waals surface area contributed by atoms with Gasteiger partial charge in [0.1, 0.15) is 0 Å². The summed E-state index contributed by atoms with van der Waals surface area (Å²) >= 11 is 0. The van der Waals surface area contributed by atoms with Gasteiger partial charge in [0.15, 0.2) is 0 Å². The Balaban J connectivity index is 2.52. The van der Waals surface area contributed by atoms with E-state index in [9.17, 15) is 9.59 Å². The van der Waals surface area contributed by atoms with Crippen LogP contribution in [0.5, 0.6) is 0 Å². The van der Waals surface area contributed by atoms with Crippen molar-refractivity contribution in [2.24, 2.45) is 17.8 Å². The molecule has 0 aromatic heterocycles. The lowest BCUT2D eigenvalue weighted by Crippen LogP contribution is -2.38.